The van der Waals surface area contributed by atoms with Crippen LogP contribution in [0.2, 0.25) is 0 Å². The Bertz CT molecular complexity index is 673. The Morgan fingerprint density at radius 3 is 1.69 bits per heavy atom. The number of aromatic nitrogens is 2. The molecule has 0 aromatic carbocycles. The highest BCUT2D eigenvalue weighted by Crippen LogP contribution is 2.06. The molecular weight excluding hydrogens is 424 g/mol. The number of carboxylic acid groups (broad SMARTS) is 4. The SMILES string of the molecule is CN(C)CC(=O)O.Cn1cncc1CC(N)C(=O)O.O=C(O)CCCCCCCC(=O)O. The van der Waals surface area contributed by atoms with Crippen molar-refractivity contribution in [1.29, 1.82) is 0 Å². The maximum absolute atomic E-state index is 10.4. The molecule has 12 nitrogen and oxygen atoms in total. The van der Waals surface area contributed by atoms with Gasteiger partial charge >= 0.3 is 23.9 Å². The van der Waals surface area contributed by atoms with Crippen LogP contribution in [0, 0.1) is 0 Å². The van der Waals surface area contributed by atoms with Crippen LogP contribution < -0.4 is 5.73 Å². The molecule has 1 rings (SSSR count). The quantitative estimate of drug-likeness (QED) is 0.262. The fraction of sp³-hybridized carbons (Fsp3) is 0.650. The number of aryl methyl sites for hydroxylation is 1. The zero-order valence-corrected chi connectivity index (χ0v) is 18.9. The fourth-order valence-corrected chi connectivity index (χ4v) is 2.25. The largest absolute Gasteiger partial charge is 0.481 e. The molecule has 0 radical (unpaired) electrons. The van der Waals surface area contributed by atoms with Crippen LogP contribution in [0.5, 0.6) is 0 Å². The number of carbonyl (C=O) groups is 4. The number of aliphatic carboxylic acids is 4. The molecule has 6 N–H and O–H groups in total. The first-order chi connectivity index (χ1) is 14.9. The van der Waals surface area contributed by atoms with Crippen LogP contribution in [0.3, 0.4) is 0 Å². The van der Waals surface area contributed by atoms with E-state index in [9.17, 15) is 19.2 Å². The maximum atomic E-state index is 10.4. The molecule has 1 aromatic rings. The van der Waals surface area contributed by atoms with Gasteiger partial charge in [-0.05, 0) is 26.9 Å². The van der Waals surface area contributed by atoms with Crippen LogP contribution in [0.25, 0.3) is 0 Å². The van der Waals surface area contributed by atoms with Gasteiger partial charge < -0.3 is 30.7 Å². The average Bonchev–Trinajstić information content (AvgIpc) is 3.05. The van der Waals surface area contributed by atoms with Crippen molar-refractivity contribution in [3.63, 3.8) is 0 Å². The van der Waals surface area contributed by atoms with E-state index < -0.39 is 29.9 Å². The molecule has 0 spiro atoms. The molecule has 0 saturated heterocycles. The first-order valence-electron chi connectivity index (χ1n) is 10.1. The van der Waals surface area contributed by atoms with Crippen molar-refractivity contribution in [1.82, 2.24) is 14.5 Å². The van der Waals surface area contributed by atoms with Gasteiger partial charge in [-0.3, -0.25) is 24.1 Å². The summed E-state index contributed by atoms with van der Waals surface area (Å²) in [6.07, 6.45) is 8.07. The zero-order chi connectivity index (χ0) is 25.1. The molecule has 0 aliphatic rings. The van der Waals surface area contributed by atoms with Crippen LogP contribution >= 0.6 is 0 Å². The van der Waals surface area contributed by atoms with E-state index in [1.54, 1.807) is 43.1 Å². The van der Waals surface area contributed by atoms with Crippen LogP contribution in [0.15, 0.2) is 12.5 Å². The topological polar surface area (TPSA) is 196 Å². The second kappa shape index (κ2) is 18.8. The van der Waals surface area contributed by atoms with Gasteiger partial charge in [-0.25, -0.2) is 4.98 Å². The number of carboxylic acids is 4. The van der Waals surface area contributed by atoms with Crippen LogP contribution in [0.4, 0.5) is 0 Å². The summed E-state index contributed by atoms with van der Waals surface area (Å²) in [6, 6.07) is -0.847. The molecule has 1 aromatic heterocycles. The Morgan fingerprint density at radius 2 is 1.41 bits per heavy atom. The van der Waals surface area contributed by atoms with Gasteiger partial charge in [0.05, 0.1) is 12.9 Å². The molecule has 0 aliphatic carbocycles. The van der Waals surface area contributed by atoms with Gasteiger partial charge in [0.25, 0.3) is 0 Å². The van der Waals surface area contributed by atoms with Crippen LogP contribution in [0.1, 0.15) is 50.6 Å². The number of hydrogen-bond acceptors (Lipinski definition) is 7. The van der Waals surface area contributed by atoms with Crippen molar-refractivity contribution in [2.24, 2.45) is 12.8 Å². The molecule has 0 aliphatic heterocycles. The first-order valence-corrected chi connectivity index (χ1v) is 10.1. The van der Waals surface area contributed by atoms with E-state index in [0.717, 1.165) is 25.0 Å². The molecule has 0 bridgehead atoms. The second-order valence-electron chi connectivity index (χ2n) is 7.33. The van der Waals surface area contributed by atoms with Gasteiger partial charge in [-0.15, -0.1) is 0 Å². The number of nitrogens with zero attached hydrogens (tertiary/aromatic N) is 3. The summed E-state index contributed by atoms with van der Waals surface area (Å²) in [6.45, 7) is 0.111. The summed E-state index contributed by atoms with van der Waals surface area (Å²) < 4.78 is 1.75. The van der Waals surface area contributed by atoms with Crippen molar-refractivity contribution in [2.75, 3.05) is 20.6 Å². The highest BCUT2D eigenvalue weighted by Gasteiger charge is 2.13. The summed E-state index contributed by atoms with van der Waals surface area (Å²) in [5.41, 5.74) is 6.16. The van der Waals surface area contributed by atoms with Gasteiger partial charge in [-0.2, -0.15) is 0 Å². The van der Waals surface area contributed by atoms with Crippen molar-refractivity contribution >= 4 is 23.9 Å². The number of hydrogen-bond donors (Lipinski definition) is 5. The summed E-state index contributed by atoms with van der Waals surface area (Å²) in [5.74, 6) is -3.29. The summed E-state index contributed by atoms with van der Waals surface area (Å²) in [4.78, 5) is 45.8. The first kappa shape index (κ1) is 31.2. The average molecular weight is 461 g/mol. The molecule has 0 saturated carbocycles. The van der Waals surface area contributed by atoms with E-state index in [1.807, 2.05) is 0 Å². The van der Waals surface area contributed by atoms with Crippen molar-refractivity contribution in [3.05, 3.63) is 18.2 Å². The molecule has 1 heterocycles. The highest BCUT2D eigenvalue weighted by molar-refractivity contribution is 5.73. The molecule has 184 valence electrons. The lowest BCUT2D eigenvalue weighted by atomic mass is 10.1. The van der Waals surface area contributed by atoms with E-state index >= 15 is 0 Å². The standard InChI is InChI=1S/C9H16O4.C7H11N3O2.C4H9NO2/c10-8(11)6-4-2-1-3-5-7-9(12)13;1-10-4-9-3-5(10)2-6(8)7(11)12;1-5(2)3-4(6)7/h1-7H2,(H,10,11)(H,12,13);3-4,6H,2,8H2,1H3,(H,11,12);3H2,1-2H3,(H,6,7). The summed E-state index contributed by atoms with van der Waals surface area (Å²) in [7, 11) is 5.24. The number of rotatable bonds is 13. The van der Waals surface area contributed by atoms with Gasteiger partial charge in [0.2, 0.25) is 0 Å². The van der Waals surface area contributed by atoms with Crippen LogP contribution in [-0.4, -0.2) is 85.4 Å². The van der Waals surface area contributed by atoms with Gasteiger partial charge in [0, 0.05) is 38.2 Å². The summed E-state index contributed by atoms with van der Waals surface area (Å²) in [5, 5.41) is 33.2. The minimum absolute atomic E-state index is 0.111. The van der Waals surface area contributed by atoms with Gasteiger partial charge in [0.1, 0.15) is 6.04 Å². The highest BCUT2D eigenvalue weighted by atomic mass is 16.4. The van der Waals surface area contributed by atoms with Gasteiger partial charge in [0.15, 0.2) is 0 Å². The van der Waals surface area contributed by atoms with E-state index in [-0.39, 0.29) is 19.4 Å². The minimum Gasteiger partial charge on any atom is -0.481 e. The second-order valence-corrected chi connectivity index (χ2v) is 7.33. The Morgan fingerprint density at radius 1 is 0.938 bits per heavy atom. The molecule has 0 fully saturated rings. The Balaban J connectivity index is 0. The minimum atomic E-state index is -0.990. The maximum Gasteiger partial charge on any atom is 0.320 e. The normalized spacial score (nSPS) is 10.9. The fourth-order valence-electron chi connectivity index (χ4n) is 2.25. The van der Waals surface area contributed by atoms with Crippen molar-refractivity contribution < 1.29 is 39.6 Å². The molecule has 32 heavy (non-hydrogen) atoms. The lowest BCUT2D eigenvalue weighted by Gasteiger charge is -2.05. The van der Waals surface area contributed by atoms with E-state index in [1.165, 1.54) is 0 Å². The van der Waals surface area contributed by atoms with Crippen molar-refractivity contribution in [3.8, 4) is 0 Å². The third-order valence-corrected chi connectivity index (χ3v) is 3.90. The van der Waals surface area contributed by atoms with E-state index in [2.05, 4.69) is 4.98 Å². The predicted molar refractivity (Wildman–Crippen MR) is 116 cm³/mol. The monoisotopic (exact) mass is 460 g/mol. The molecule has 1 atom stereocenters. The van der Waals surface area contributed by atoms with Crippen molar-refractivity contribution in [2.45, 2.75) is 57.4 Å². The molecular formula is C20H36N4O8. The van der Waals surface area contributed by atoms with E-state index in [0.29, 0.717) is 19.3 Å². The summed E-state index contributed by atoms with van der Waals surface area (Å²) >= 11 is 0. The Kier molecular flexibility index (Phi) is 18.3. The molecule has 12 heteroatoms. The third kappa shape index (κ3) is 21.7. The number of nitrogens with two attached hydrogens (primary N) is 1. The number of likely N-dealkylation sites (N-methyl/N-ethyl adjacent to an activating group) is 1. The van der Waals surface area contributed by atoms with Crippen LogP contribution in [-0.2, 0) is 32.6 Å². The predicted octanol–water partition coefficient (Wildman–Crippen LogP) is 0.893. The Labute approximate surface area is 187 Å². The van der Waals surface area contributed by atoms with Gasteiger partial charge in [-0.1, -0.05) is 19.3 Å². The Hall–Kier alpha value is -2.99. The number of unbranched alkanes of at least 4 members (excludes halogenated alkanes) is 4. The third-order valence-electron chi connectivity index (χ3n) is 3.90. The zero-order valence-electron chi connectivity index (χ0n) is 18.9. The molecule has 1 unspecified atom stereocenters. The van der Waals surface area contributed by atoms with E-state index in [4.69, 9.17) is 26.2 Å². The molecule has 0 amide bonds. The smallest absolute Gasteiger partial charge is 0.320 e. The lowest BCUT2D eigenvalue weighted by Crippen LogP contribution is -2.32. The number of imidazole rings is 1. The lowest BCUT2D eigenvalue weighted by molar-refractivity contribution is -0.139.